The molecule has 0 saturated carbocycles. The summed E-state index contributed by atoms with van der Waals surface area (Å²) >= 11 is 0. The maximum Gasteiger partial charge on any atom is 0.354 e. The molecule has 0 bridgehead atoms. The highest BCUT2D eigenvalue weighted by Gasteiger charge is 2.12. The van der Waals surface area contributed by atoms with Gasteiger partial charge in [0.1, 0.15) is 5.69 Å². The van der Waals surface area contributed by atoms with Crippen molar-refractivity contribution >= 4 is 17.6 Å². The highest BCUT2D eigenvalue weighted by Crippen LogP contribution is 2.08. The number of aromatic nitrogens is 1. The first-order valence-corrected chi connectivity index (χ1v) is 5.19. The molecule has 1 rings (SSSR count). The topological polar surface area (TPSA) is 91.3 Å². The summed E-state index contributed by atoms with van der Waals surface area (Å²) in [6, 6.07) is 2.86. The molecule has 1 unspecified atom stereocenters. The van der Waals surface area contributed by atoms with Crippen LogP contribution in [-0.4, -0.2) is 35.6 Å². The quantitative estimate of drug-likeness (QED) is 0.696. The number of carboxylic acid groups (broad SMARTS) is 1. The monoisotopic (exact) mass is 237 g/mol. The molecule has 0 aliphatic carbocycles. The van der Waals surface area contributed by atoms with E-state index in [1.165, 1.54) is 18.3 Å². The third-order valence-electron chi connectivity index (χ3n) is 2.21. The van der Waals surface area contributed by atoms with Gasteiger partial charge >= 0.3 is 5.97 Å². The number of hydrogen-bond acceptors (Lipinski definition) is 4. The van der Waals surface area contributed by atoms with Crippen LogP contribution < -0.4 is 10.6 Å². The molecule has 1 heterocycles. The Morgan fingerprint density at radius 1 is 1.47 bits per heavy atom. The van der Waals surface area contributed by atoms with E-state index in [2.05, 4.69) is 15.6 Å². The van der Waals surface area contributed by atoms with E-state index in [4.69, 9.17) is 5.11 Å². The number of amides is 1. The predicted molar refractivity (Wildman–Crippen MR) is 62.9 cm³/mol. The minimum atomic E-state index is -1.09. The lowest BCUT2D eigenvalue weighted by atomic mass is 10.1. The molecule has 92 valence electrons. The van der Waals surface area contributed by atoms with Crippen LogP contribution in [0, 0.1) is 5.92 Å². The first kappa shape index (κ1) is 13.1. The third kappa shape index (κ3) is 3.84. The lowest BCUT2D eigenvalue weighted by molar-refractivity contribution is -0.119. The molecule has 1 aromatic rings. The summed E-state index contributed by atoms with van der Waals surface area (Å²) in [6.07, 6.45) is 1.33. The lowest BCUT2D eigenvalue weighted by Gasteiger charge is -2.11. The van der Waals surface area contributed by atoms with Gasteiger partial charge in [-0.05, 0) is 19.2 Å². The number of carbonyl (C=O) groups excluding carboxylic acids is 1. The van der Waals surface area contributed by atoms with E-state index in [1.54, 1.807) is 14.0 Å². The first-order valence-electron chi connectivity index (χ1n) is 5.19. The minimum Gasteiger partial charge on any atom is -0.477 e. The highest BCUT2D eigenvalue weighted by molar-refractivity contribution is 5.92. The zero-order valence-corrected chi connectivity index (χ0v) is 9.73. The van der Waals surface area contributed by atoms with Crippen LogP contribution in [0.15, 0.2) is 18.3 Å². The fourth-order valence-corrected chi connectivity index (χ4v) is 1.26. The zero-order valence-electron chi connectivity index (χ0n) is 9.73. The number of nitrogens with one attached hydrogen (secondary N) is 2. The molecule has 6 nitrogen and oxygen atoms in total. The second-order valence-corrected chi connectivity index (χ2v) is 3.69. The van der Waals surface area contributed by atoms with Crippen molar-refractivity contribution in [3.05, 3.63) is 24.0 Å². The fourth-order valence-electron chi connectivity index (χ4n) is 1.26. The molecule has 0 fully saturated rings. The number of hydrogen-bond donors (Lipinski definition) is 3. The fraction of sp³-hybridized carbons (Fsp3) is 0.364. The number of pyridine rings is 1. The summed E-state index contributed by atoms with van der Waals surface area (Å²) in [5.74, 6) is -1.39. The second kappa shape index (κ2) is 5.95. The van der Waals surface area contributed by atoms with Gasteiger partial charge in [0, 0.05) is 12.5 Å². The molecule has 6 heteroatoms. The number of carbonyl (C=O) groups is 2. The Morgan fingerprint density at radius 2 is 2.18 bits per heavy atom. The molecule has 17 heavy (non-hydrogen) atoms. The Balaban J connectivity index is 2.63. The molecule has 1 atom stereocenters. The Hall–Kier alpha value is -1.95. The van der Waals surface area contributed by atoms with Crippen LogP contribution in [0.4, 0.5) is 5.69 Å². The van der Waals surface area contributed by atoms with Gasteiger partial charge in [-0.15, -0.1) is 0 Å². The van der Waals surface area contributed by atoms with E-state index in [0.717, 1.165) is 0 Å². The van der Waals surface area contributed by atoms with E-state index in [9.17, 15) is 9.59 Å². The van der Waals surface area contributed by atoms with Crippen LogP contribution in [0.1, 0.15) is 17.4 Å². The smallest absolute Gasteiger partial charge is 0.354 e. The molecule has 0 aliphatic heterocycles. The summed E-state index contributed by atoms with van der Waals surface area (Å²) in [5, 5.41) is 14.2. The Bertz CT molecular complexity index is 403. The maximum absolute atomic E-state index is 11.6. The molecule has 3 N–H and O–H groups in total. The number of anilines is 1. The average Bonchev–Trinajstić information content (AvgIpc) is 2.30. The summed E-state index contributed by atoms with van der Waals surface area (Å²) < 4.78 is 0. The molecule has 0 spiro atoms. The van der Waals surface area contributed by atoms with Crippen molar-refractivity contribution in [2.75, 3.05) is 18.9 Å². The maximum atomic E-state index is 11.6. The van der Waals surface area contributed by atoms with Gasteiger partial charge in [-0.25, -0.2) is 9.78 Å². The van der Waals surface area contributed by atoms with Gasteiger partial charge < -0.3 is 15.7 Å². The molecule has 1 aromatic heterocycles. The van der Waals surface area contributed by atoms with Crippen molar-refractivity contribution < 1.29 is 14.7 Å². The highest BCUT2D eigenvalue weighted by atomic mass is 16.4. The van der Waals surface area contributed by atoms with E-state index in [0.29, 0.717) is 12.2 Å². The number of rotatable bonds is 5. The lowest BCUT2D eigenvalue weighted by Crippen LogP contribution is -2.28. The summed E-state index contributed by atoms with van der Waals surface area (Å²) in [6.45, 7) is 2.37. The second-order valence-electron chi connectivity index (χ2n) is 3.69. The summed E-state index contributed by atoms with van der Waals surface area (Å²) in [7, 11) is 1.77. The molecule has 0 saturated heterocycles. The SMILES string of the molecule is CNCC(C)C(=O)Nc1ccc(C(=O)O)nc1. The number of aromatic carboxylic acids is 1. The van der Waals surface area contributed by atoms with Gasteiger partial charge in [-0.3, -0.25) is 4.79 Å². The van der Waals surface area contributed by atoms with E-state index in [1.807, 2.05) is 0 Å². The van der Waals surface area contributed by atoms with Crippen LogP contribution in [-0.2, 0) is 4.79 Å². The third-order valence-corrected chi connectivity index (χ3v) is 2.21. The van der Waals surface area contributed by atoms with Crippen LogP contribution in [0.3, 0.4) is 0 Å². The summed E-state index contributed by atoms with van der Waals surface area (Å²) in [4.78, 5) is 25.9. The molecule has 0 aromatic carbocycles. The summed E-state index contributed by atoms with van der Waals surface area (Å²) in [5.41, 5.74) is 0.439. The largest absolute Gasteiger partial charge is 0.477 e. The van der Waals surface area contributed by atoms with Crippen LogP contribution in [0.25, 0.3) is 0 Å². The van der Waals surface area contributed by atoms with Crippen LogP contribution >= 0.6 is 0 Å². The van der Waals surface area contributed by atoms with Gasteiger partial charge in [-0.1, -0.05) is 6.92 Å². The Morgan fingerprint density at radius 3 is 2.65 bits per heavy atom. The van der Waals surface area contributed by atoms with Gasteiger partial charge in [0.2, 0.25) is 5.91 Å². The first-order chi connectivity index (χ1) is 8.04. The molecular formula is C11H15N3O3. The molecule has 0 aliphatic rings. The van der Waals surface area contributed by atoms with Gasteiger partial charge in [0.15, 0.2) is 0 Å². The van der Waals surface area contributed by atoms with Crippen LogP contribution in [0.5, 0.6) is 0 Å². The van der Waals surface area contributed by atoms with Crippen molar-refractivity contribution in [1.29, 1.82) is 0 Å². The van der Waals surface area contributed by atoms with Crippen molar-refractivity contribution in [3.63, 3.8) is 0 Å². The average molecular weight is 237 g/mol. The van der Waals surface area contributed by atoms with E-state index < -0.39 is 5.97 Å². The number of carboxylic acids is 1. The van der Waals surface area contributed by atoms with Gasteiger partial charge in [-0.2, -0.15) is 0 Å². The molecular weight excluding hydrogens is 222 g/mol. The normalized spacial score (nSPS) is 11.9. The Kier molecular flexibility index (Phi) is 4.59. The van der Waals surface area contributed by atoms with Crippen molar-refractivity contribution in [1.82, 2.24) is 10.3 Å². The minimum absolute atomic E-state index is 0.0497. The Labute approximate surface area is 99.1 Å². The van der Waals surface area contributed by atoms with Crippen molar-refractivity contribution in [2.24, 2.45) is 5.92 Å². The molecule has 0 radical (unpaired) electrons. The zero-order chi connectivity index (χ0) is 12.8. The van der Waals surface area contributed by atoms with E-state index in [-0.39, 0.29) is 17.5 Å². The molecule has 1 amide bonds. The van der Waals surface area contributed by atoms with Crippen molar-refractivity contribution in [3.8, 4) is 0 Å². The van der Waals surface area contributed by atoms with Crippen molar-refractivity contribution in [2.45, 2.75) is 6.92 Å². The van der Waals surface area contributed by atoms with Crippen LogP contribution in [0.2, 0.25) is 0 Å². The number of nitrogens with zero attached hydrogens (tertiary/aromatic N) is 1. The van der Waals surface area contributed by atoms with E-state index >= 15 is 0 Å². The van der Waals surface area contributed by atoms with Gasteiger partial charge in [0.25, 0.3) is 0 Å². The van der Waals surface area contributed by atoms with Gasteiger partial charge in [0.05, 0.1) is 11.9 Å². The standard InChI is InChI=1S/C11H15N3O3/c1-7(5-12-2)10(15)14-8-3-4-9(11(16)17)13-6-8/h3-4,6-7,12H,5H2,1-2H3,(H,14,15)(H,16,17). The predicted octanol–water partition coefficient (Wildman–Crippen LogP) is 0.574.